The van der Waals surface area contributed by atoms with Gasteiger partial charge in [-0.2, -0.15) is 0 Å². The Morgan fingerprint density at radius 2 is 1.50 bits per heavy atom. The lowest BCUT2D eigenvalue weighted by Gasteiger charge is -2.22. The van der Waals surface area contributed by atoms with Crippen molar-refractivity contribution in [3.05, 3.63) is 42.5 Å². The number of ether oxygens (including phenoxy) is 1. The molecule has 2 heterocycles. The van der Waals surface area contributed by atoms with Crippen molar-refractivity contribution < 1.29 is 4.74 Å². The average molecular weight is 264 g/mol. The summed E-state index contributed by atoms with van der Waals surface area (Å²) in [7, 11) is 1.65. The van der Waals surface area contributed by atoms with Gasteiger partial charge in [-0.15, -0.1) is 0 Å². The predicted octanol–water partition coefficient (Wildman–Crippen LogP) is 3.44. The van der Waals surface area contributed by atoms with Crippen LogP contribution in [0.2, 0.25) is 0 Å². The second-order valence-electron chi connectivity index (χ2n) is 4.57. The number of methoxy groups -OCH3 is 1. The number of anilines is 4. The van der Waals surface area contributed by atoms with Gasteiger partial charge in [0.15, 0.2) is 11.6 Å². The maximum Gasteiger partial charge on any atom is 0.174 e. The number of nitrogens with zero attached hydrogens (tertiary/aromatic N) is 2. The summed E-state index contributed by atoms with van der Waals surface area (Å²) in [6.45, 7) is 0. The first kappa shape index (κ1) is 11.0. The van der Waals surface area contributed by atoms with E-state index in [1.807, 2.05) is 42.5 Å². The van der Waals surface area contributed by atoms with Crippen LogP contribution in [-0.4, -0.2) is 17.1 Å². The topological polar surface area (TPSA) is 59.1 Å². The zero-order valence-corrected chi connectivity index (χ0v) is 10.8. The van der Waals surface area contributed by atoms with Crippen LogP contribution in [0.5, 0.6) is 5.75 Å². The Balaban J connectivity index is 1.85. The Labute approximate surface area is 115 Å². The van der Waals surface area contributed by atoms with Crippen molar-refractivity contribution in [3.63, 3.8) is 0 Å². The third-order valence-corrected chi connectivity index (χ3v) is 3.30. The molecule has 0 amide bonds. The molecule has 5 nitrogen and oxygen atoms in total. The van der Waals surface area contributed by atoms with Crippen LogP contribution in [0.25, 0.3) is 11.0 Å². The molecule has 0 radical (unpaired) electrons. The molecule has 0 saturated carbocycles. The Hall–Kier alpha value is -2.82. The van der Waals surface area contributed by atoms with Gasteiger partial charge < -0.3 is 15.4 Å². The standard InChI is InChI=1S/C15H12N4O/c1-20-9-6-7-12-13(8-9)19-15-14(18-12)16-10-4-2-3-5-11(10)17-15/h2-8H,1H3,(H,16,18)(H,17,19). The van der Waals surface area contributed by atoms with Gasteiger partial charge in [-0.3, -0.25) is 0 Å². The Bertz CT molecular complexity index is 816. The molecule has 3 aromatic rings. The molecule has 0 aliphatic carbocycles. The highest BCUT2D eigenvalue weighted by atomic mass is 16.5. The highest BCUT2D eigenvalue weighted by molar-refractivity contribution is 5.91. The van der Waals surface area contributed by atoms with E-state index in [-0.39, 0.29) is 0 Å². The molecule has 20 heavy (non-hydrogen) atoms. The highest BCUT2D eigenvalue weighted by Gasteiger charge is 2.17. The summed E-state index contributed by atoms with van der Waals surface area (Å²) in [5, 5.41) is 6.58. The van der Waals surface area contributed by atoms with Gasteiger partial charge in [0.1, 0.15) is 5.75 Å². The number of benzene rings is 2. The van der Waals surface area contributed by atoms with Crippen molar-refractivity contribution in [1.82, 2.24) is 9.97 Å². The van der Waals surface area contributed by atoms with Crippen LogP contribution < -0.4 is 15.4 Å². The molecule has 5 heteroatoms. The van der Waals surface area contributed by atoms with Crippen LogP contribution in [-0.2, 0) is 0 Å². The van der Waals surface area contributed by atoms with Crippen molar-refractivity contribution in [2.45, 2.75) is 0 Å². The molecular weight excluding hydrogens is 252 g/mol. The van der Waals surface area contributed by atoms with Crippen molar-refractivity contribution in [2.75, 3.05) is 17.7 Å². The van der Waals surface area contributed by atoms with E-state index in [1.54, 1.807) is 7.11 Å². The molecule has 0 saturated heterocycles. The summed E-state index contributed by atoms with van der Waals surface area (Å²) in [6, 6.07) is 13.6. The molecule has 4 rings (SSSR count). The van der Waals surface area contributed by atoms with Crippen LogP contribution in [0.1, 0.15) is 0 Å². The first-order chi connectivity index (χ1) is 9.83. The molecule has 2 aromatic carbocycles. The molecule has 0 fully saturated rings. The smallest absolute Gasteiger partial charge is 0.174 e. The van der Waals surface area contributed by atoms with Gasteiger partial charge in [-0.25, -0.2) is 9.97 Å². The molecule has 2 N–H and O–H groups in total. The second-order valence-corrected chi connectivity index (χ2v) is 4.57. The Kier molecular flexibility index (Phi) is 2.26. The van der Waals surface area contributed by atoms with E-state index in [0.717, 1.165) is 39.8 Å². The lowest BCUT2D eigenvalue weighted by molar-refractivity contribution is 0.415. The number of hydrogen-bond acceptors (Lipinski definition) is 5. The summed E-state index contributed by atoms with van der Waals surface area (Å²) in [5.74, 6) is 2.26. The number of rotatable bonds is 1. The van der Waals surface area contributed by atoms with Gasteiger partial charge in [0.25, 0.3) is 0 Å². The van der Waals surface area contributed by atoms with Gasteiger partial charge >= 0.3 is 0 Å². The number of hydrogen-bond donors (Lipinski definition) is 2. The summed E-state index contributed by atoms with van der Waals surface area (Å²) < 4.78 is 5.23. The summed E-state index contributed by atoms with van der Waals surface area (Å²) in [6.07, 6.45) is 0. The van der Waals surface area contributed by atoms with E-state index in [2.05, 4.69) is 20.6 Å². The van der Waals surface area contributed by atoms with Crippen LogP contribution in [0, 0.1) is 0 Å². The third kappa shape index (κ3) is 1.64. The van der Waals surface area contributed by atoms with E-state index in [4.69, 9.17) is 4.74 Å². The zero-order valence-electron chi connectivity index (χ0n) is 10.8. The second kappa shape index (κ2) is 4.09. The first-order valence-electron chi connectivity index (χ1n) is 6.32. The van der Waals surface area contributed by atoms with Crippen molar-refractivity contribution >= 4 is 34.0 Å². The Morgan fingerprint density at radius 1 is 0.850 bits per heavy atom. The van der Waals surface area contributed by atoms with Crippen LogP contribution in [0.15, 0.2) is 42.5 Å². The highest BCUT2D eigenvalue weighted by Crippen LogP contribution is 2.38. The zero-order chi connectivity index (χ0) is 13.5. The fraction of sp³-hybridized carbons (Fsp3) is 0.0667. The Morgan fingerprint density at radius 3 is 2.15 bits per heavy atom. The van der Waals surface area contributed by atoms with E-state index in [0.29, 0.717) is 0 Å². The lowest BCUT2D eigenvalue weighted by Crippen LogP contribution is -2.10. The monoisotopic (exact) mass is 264 g/mol. The lowest BCUT2D eigenvalue weighted by atomic mass is 10.2. The molecule has 0 atom stereocenters. The molecule has 98 valence electrons. The quantitative estimate of drug-likeness (QED) is 0.551. The molecule has 0 bridgehead atoms. The number of aromatic nitrogens is 2. The van der Waals surface area contributed by atoms with Crippen LogP contribution in [0.3, 0.4) is 0 Å². The molecule has 1 aliphatic rings. The number of nitrogens with one attached hydrogen (secondary N) is 2. The minimum absolute atomic E-state index is 0.726. The van der Waals surface area contributed by atoms with E-state index < -0.39 is 0 Å². The summed E-state index contributed by atoms with van der Waals surface area (Å²) >= 11 is 0. The minimum atomic E-state index is 0.726. The molecule has 0 unspecified atom stereocenters. The van der Waals surface area contributed by atoms with E-state index in [9.17, 15) is 0 Å². The van der Waals surface area contributed by atoms with E-state index >= 15 is 0 Å². The summed E-state index contributed by atoms with van der Waals surface area (Å²) in [5.41, 5.74) is 3.63. The van der Waals surface area contributed by atoms with Gasteiger partial charge in [0, 0.05) is 6.07 Å². The van der Waals surface area contributed by atoms with Gasteiger partial charge in [-0.1, -0.05) is 12.1 Å². The maximum absolute atomic E-state index is 5.23. The molecule has 0 spiro atoms. The molecule has 1 aliphatic heterocycles. The molecule has 1 aromatic heterocycles. The number of fused-ring (bicyclic) bond motifs is 3. The van der Waals surface area contributed by atoms with Crippen LogP contribution >= 0.6 is 0 Å². The van der Waals surface area contributed by atoms with Gasteiger partial charge in [-0.05, 0) is 24.3 Å². The van der Waals surface area contributed by atoms with Crippen LogP contribution in [0.4, 0.5) is 23.0 Å². The normalized spacial score (nSPS) is 12.1. The largest absolute Gasteiger partial charge is 0.497 e. The van der Waals surface area contributed by atoms with Crippen molar-refractivity contribution in [1.29, 1.82) is 0 Å². The first-order valence-corrected chi connectivity index (χ1v) is 6.32. The van der Waals surface area contributed by atoms with E-state index in [1.165, 1.54) is 0 Å². The fourth-order valence-electron chi connectivity index (χ4n) is 2.29. The van der Waals surface area contributed by atoms with Gasteiger partial charge in [0.2, 0.25) is 0 Å². The predicted molar refractivity (Wildman–Crippen MR) is 79.1 cm³/mol. The SMILES string of the molecule is COc1ccc2c(c1)Nc1nc3ccccc3nc1N2. The third-order valence-electron chi connectivity index (χ3n) is 3.30. The number of para-hydroxylation sites is 2. The summed E-state index contributed by atoms with van der Waals surface area (Å²) in [4.78, 5) is 9.18. The fourth-order valence-corrected chi connectivity index (χ4v) is 2.29. The minimum Gasteiger partial charge on any atom is -0.497 e. The van der Waals surface area contributed by atoms with Crippen molar-refractivity contribution in [2.24, 2.45) is 0 Å². The van der Waals surface area contributed by atoms with Crippen molar-refractivity contribution in [3.8, 4) is 5.75 Å². The van der Waals surface area contributed by atoms with Gasteiger partial charge in [0.05, 0.1) is 29.5 Å². The maximum atomic E-state index is 5.23. The molecular formula is C15H12N4O. The average Bonchev–Trinajstić information content (AvgIpc) is 2.50.